The molecule has 0 amide bonds. The molecule has 0 radical (unpaired) electrons. The monoisotopic (exact) mass is 170 g/mol. The second kappa shape index (κ2) is 4.44. The highest BCUT2D eigenvalue weighted by Gasteiger charge is 2.10. The van der Waals surface area contributed by atoms with Crippen LogP contribution in [0.3, 0.4) is 0 Å². The number of amidine groups is 1. The van der Waals surface area contributed by atoms with Crippen molar-refractivity contribution in [1.82, 2.24) is 4.90 Å². The summed E-state index contributed by atoms with van der Waals surface area (Å²) in [6.07, 6.45) is 7.41. The molecule has 0 saturated heterocycles. The van der Waals surface area contributed by atoms with Crippen molar-refractivity contribution in [3.8, 4) is 0 Å². The molecule has 2 nitrogen and oxygen atoms in total. The van der Waals surface area contributed by atoms with Gasteiger partial charge in [0.15, 0.2) is 0 Å². The Kier molecular flexibility index (Phi) is 3.49. The van der Waals surface area contributed by atoms with Crippen LogP contribution in [0.4, 0.5) is 0 Å². The number of hydrogen-bond donors (Lipinski definition) is 0. The van der Waals surface area contributed by atoms with Crippen LogP contribution < -0.4 is 0 Å². The third-order valence-electron chi connectivity index (χ3n) is 1.71. The zero-order valence-corrected chi connectivity index (χ0v) is 7.90. The van der Waals surface area contributed by atoms with E-state index >= 15 is 0 Å². The van der Waals surface area contributed by atoms with Crippen molar-refractivity contribution in [2.45, 2.75) is 6.42 Å². The van der Waals surface area contributed by atoms with Crippen LogP contribution in [0.25, 0.3) is 0 Å². The topological polar surface area (TPSA) is 15.6 Å². The highest BCUT2D eigenvalue weighted by Crippen LogP contribution is 2.08. The Bertz CT molecular complexity index is 175. The number of hydrogen-bond acceptors (Lipinski definition) is 2. The molecule has 0 aromatic heterocycles. The third kappa shape index (κ3) is 2.26. The minimum absolute atomic E-state index is 1.00. The molecule has 0 aromatic rings. The van der Waals surface area contributed by atoms with E-state index in [1.54, 1.807) is 0 Å². The van der Waals surface area contributed by atoms with Crippen LogP contribution in [0, 0.1) is 0 Å². The van der Waals surface area contributed by atoms with Gasteiger partial charge in [-0.3, -0.25) is 4.99 Å². The summed E-state index contributed by atoms with van der Waals surface area (Å²) in [6.45, 7) is 1.09. The van der Waals surface area contributed by atoms with Gasteiger partial charge in [-0.05, 0) is 6.26 Å². The van der Waals surface area contributed by atoms with Crippen LogP contribution in [0.2, 0.25) is 0 Å². The molecule has 1 aliphatic heterocycles. The minimum atomic E-state index is 1.00. The molecule has 62 valence electrons. The van der Waals surface area contributed by atoms with Gasteiger partial charge in [0.05, 0.1) is 0 Å². The van der Waals surface area contributed by atoms with E-state index in [1.807, 2.05) is 18.8 Å². The van der Waals surface area contributed by atoms with Crippen molar-refractivity contribution in [1.29, 1.82) is 0 Å². The van der Waals surface area contributed by atoms with Gasteiger partial charge in [-0.2, -0.15) is 11.8 Å². The van der Waals surface area contributed by atoms with Crippen molar-refractivity contribution in [3.05, 3.63) is 12.3 Å². The first-order valence-corrected chi connectivity index (χ1v) is 5.15. The van der Waals surface area contributed by atoms with Gasteiger partial charge in [0.2, 0.25) is 0 Å². The van der Waals surface area contributed by atoms with E-state index in [9.17, 15) is 0 Å². The molecule has 0 N–H and O–H groups in total. The van der Waals surface area contributed by atoms with Crippen molar-refractivity contribution >= 4 is 17.6 Å². The van der Waals surface area contributed by atoms with Crippen LogP contribution in [0.1, 0.15) is 6.42 Å². The third-order valence-corrected chi connectivity index (χ3v) is 2.30. The van der Waals surface area contributed by atoms with Gasteiger partial charge < -0.3 is 4.90 Å². The molecule has 0 aliphatic carbocycles. The summed E-state index contributed by atoms with van der Waals surface area (Å²) >= 11 is 1.87. The summed E-state index contributed by atoms with van der Waals surface area (Å²) in [4.78, 5) is 6.41. The fraction of sp³-hybridized carbons (Fsp3) is 0.625. The number of nitrogens with zero attached hydrogens (tertiary/aromatic N) is 2. The molecule has 0 saturated carbocycles. The maximum Gasteiger partial charge on any atom is 0.106 e. The molecule has 1 rings (SSSR count). The van der Waals surface area contributed by atoms with E-state index in [0.717, 1.165) is 13.0 Å². The van der Waals surface area contributed by atoms with Gasteiger partial charge >= 0.3 is 0 Å². The highest BCUT2D eigenvalue weighted by molar-refractivity contribution is 7.98. The summed E-state index contributed by atoms with van der Waals surface area (Å²) in [6, 6.07) is 0. The molecule has 3 heteroatoms. The smallest absolute Gasteiger partial charge is 0.106 e. The highest BCUT2D eigenvalue weighted by atomic mass is 32.2. The molecule has 0 fully saturated rings. The Balaban J connectivity index is 2.37. The average molecular weight is 170 g/mol. The summed E-state index contributed by atoms with van der Waals surface area (Å²) in [7, 11) is 1.86. The summed E-state index contributed by atoms with van der Waals surface area (Å²) in [5, 5.41) is 0. The van der Waals surface area contributed by atoms with Gasteiger partial charge in [-0.15, -0.1) is 0 Å². The normalized spacial score (nSPS) is 20.2. The molecular weight excluding hydrogens is 156 g/mol. The van der Waals surface area contributed by atoms with Crippen LogP contribution in [-0.2, 0) is 0 Å². The van der Waals surface area contributed by atoms with Gasteiger partial charge in [-0.1, -0.05) is 6.08 Å². The maximum atomic E-state index is 4.19. The minimum Gasteiger partial charge on any atom is -0.336 e. The Morgan fingerprint density at radius 2 is 2.55 bits per heavy atom. The second-order valence-electron chi connectivity index (χ2n) is 2.41. The van der Waals surface area contributed by atoms with Gasteiger partial charge in [-0.25, -0.2) is 0 Å². The van der Waals surface area contributed by atoms with E-state index in [2.05, 4.69) is 28.4 Å². The maximum absolute atomic E-state index is 4.19. The Hall–Kier alpha value is -0.440. The van der Waals surface area contributed by atoms with Crippen LogP contribution in [0.5, 0.6) is 0 Å². The van der Waals surface area contributed by atoms with Crippen molar-refractivity contribution in [2.24, 2.45) is 4.99 Å². The molecule has 11 heavy (non-hydrogen) atoms. The zero-order valence-electron chi connectivity index (χ0n) is 7.08. The first-order valence-electron chi connectivity index (χ1n) is 3.76. The van der Waals surface area contributed by atoms with E-state index in [0.29, 0.717) is 0 Å². The molecule has 0 spiro atoms. The quantitative estimate of drug-likeness (QED) is 0.639. The number of rotatable bonds is 3. The van der Waals surface area contributed by atoms with E-state index in [-0.39, 0.29) is 0 Å². The average Bonchev–Trinajstić information content (AvgIpc) is 2.47. The molecule has 1 aliphatic rings. The van der Waals surface area contributed by atoms with E-state index in [1.165, 1.54) is 11.6 Å². The van der Waals surface area contributed by atoms with Crippen molar-refractivity contribution < 1.29 is 0 Å². The summed E-state index contributed by atoms with van der Waals surface area (Å²) in [5.74, 6) is 2.36. The molecule has 0 atom stereocenters. The number of aliphatic imine (C=N–C) groups is 1. The van der Waals surface area contributed by atoms with Crippen molar-refractivity contribution in [2.75, 3.05) is 25.6 Å². The van der Waals surface area contributed by atoms with Gasteiger partial charge in [0.25, 0.3) is 0 Å². The SMILES string of the molecule is CN=C1CC=CN1CCSC. The lowest BCUT2D eigenvalue weighted by Crippen LogP contribution is -2.23. The van der Waals surface area contributed by atoms with Crippen LogP contribution in [0.15, 0.2) is 17.3 Å². The van der Waals surface area contributed by atoms with Gasteiger partial charge in [0, 0.05) is 32.0 Å². The summed E-state index contributed by atoms with van der Waals surface area (Å²) < 4.78 is 0. The lowest BCUT2D eigenvalue weighted by molar-refractivity contribution is 0.602. The van der Waals surface area contributed by atoms with Crippen LogP contribution >= 0.6 is 11.8 Å². The van der Waals surface area contributed by atoms with Crippen molar-refractivity contribution in [3.63, 3.8) is 0 Å². The molecular formula is C8H14N2S. The predicted octanol–water partition coefficient (Wildman–Crippen LogP) is 1.60. The first-order chi connectivity index (χ1) is 5.38. The number of thioether (sulfide) groups is 1. The van der Waals surface area contributed by atoms with E-state index in [4.69, 9.17) is 0 Å². The standard InChI is InChI=1S/C8H14N2S/c1-9-8-4-3-5-10(8)6-7-11-2/h3,5H,4,6-7H2,1-2H3. The molecule has 0 aromatic carbocycles. The summed E-state index contributed by atoms with van der Waals surface area (Å²) in [5.41, 5.74) is 0. The fourth-order valence-corrected chi connectivity index (χ4v) is 1.48. The molecule has 1 heterocycles. The van der Waals surface area contributed by atoms with Crippen LogP contribution in [-0.4, -0.2) is 36.3 Å². The lowest BCUT2D eigenvalue weighted by Gasteiger charge is -2.15. The zero-order chi connectivity index (χ0) is 8.10. The van der Waals surface area contributed by atoms with E-state index < -0.39 is 0 Å². The Morgan fingerprint density at radius 1 is 1.73 bits per heavy atom. The Morgan fingerprint density at radius 3 is 3.18 bits per heavy atom. The first kappa shape index (κ1) is 8.65. The predicted molar refractivity (Wildman–Crippen MR) is 52.2 cm³/mol. The second-order valence-corrected chi connectivity index (χ2v) is 3.40. The molecule has 0 unspecified atom stereocenters. The Labute approximate surface area is 72.4 Å². The lowest BCUT2D eigenvalue weighted by atomic mass is 10.4. The fourth-order valence-electron chi connectivity index (χ4n) is 1.10. The largest absolute Gasteiger partial charge is 0.336 e. The van der Waals surface area contributed by atoms with Gasteiger partial charge in [0.1, 0.15) is 5.84 Å². The molecule has 0 bridgehead atoms.